The molecule has 0 spiro atoms. The molecule has 1 aliphatic rings. The van der Waals surface area contributed by atoms with Gasteiger partial charge in [0.1, 0.15) is 7.05 Å². The van der Waals surface area contributed by atoms with Gasteiger partial charge in [-0.2, -0.15) is 0 Å². The van der Waals surface area contributed by atoms with Gasteiger partial charge < -0.3 is 0 Å². The molecule has 1 aliphatic heterocycles. The van der Waals surface area contributed by atoms with E-state index in [4.69, 9.17) is 0 Å². The lowest BCUT2D eigenvalue weighted by Gasteiger charge is -2.35. The van der Waals surface area contributed by atoms with Crippen LogP contribution in [0.5, 0.6) is 0 Å². The fraction of sp³-hybridized carbons (Fsp3) is 0.146. The molecule has 0 N–H and O–H groups in total. The highest BCUT2D eigenvalue weighted by molar-refractivity contribution is 7.11. The Morgan fingerprint density at radius 2 is 0.824 bits per heavy atom. The van der Waals surface area contributed by atoms with Crippen molar-refractivity contribution in [2.75, 3.05) is 0 Å². The number of rotatable bonds is 5. The van der Waals surface area contributed by atoms with E-state index in [1.807, 2.05) is 0 Å². The number of hydrogen-bond acceptors (Lipinski definition) is 0. The second-order valence-corrected chi connectivity index (χ2v) is 14.8. The molecule has 3 heteroatoms. The predicted molar refractivity (Wildman–Crippen MR) is 221 cm³/mol. The Kier molecular flexibility index (Phi) is 8.39. The minimum absolute atomic E-state index is 0.108. The maximum atomic E-state index is 2.54. The summed E-state index contributed by atoms with van der Waals surface area (Å²) in [7, 11) is 2.18. The van der Waals surface area contributed by atoms with Crippen LogP contribution in [0.3, 0.4) is 0 Å². The third kappa shape index (κ3) is 5.75. The number of hydrogen-bond donors (Lipinski definition) is 0. The number of benzene rings is 6. The van der Waals surface area contributed by atoms with E-state index in [1.165, 1.54) is 99.7 Å². The fourth-order valence-corrected chi connectivity index (χ4v) is 9.00. The van der Waals surface area contributed by atoms with Gasteiger partial charge in [-0.3, -0.25) is 0 Å². The summed E-state index contributed by atoms with van der Waals surface area (Å²) in [4.78, 5) is 0. The van der Waals surface area contributed by atoms with Gasteiger partial charge in [-0.15, -0.1) is 0 Å². The van der Waals surface area contributed by atoms with Gasteiger partial charge in [-0.05, 0) is 75.4 Å². The number of aromatic nitrogens is 1. The number of fused-ring (bicyclic) bond motifs is 2. The molecule has 8 rings (SSSR count). The maximum Gasteiger partial charge on any atom is 0.240 e. The average Bonchev–Trinajstić information content (AvgIpc) is 3.12. The lowest BCUT2D eigenvalue weighted by atomic mass is 9.20. The molecule has 246 valence electrons. The van der Waals surface area contributed by atoms with Crippen LogP contribution < -0.4 is 37.3 Å². The van der Waals surface area contributed by atoms with E-state index in [-0.39, 0.29) is 13.4 Å². The molecule has 0 radical (unpaired) electrons. The highest BCUT2D eigenvalue weighted by Gasteiger charge is 2.41. The third-order valence-electron chi connectivity index (χ3n) is 11.2. The van der Waals surface area contributed by atoms with Gasteiger partial charge in [-0.1, -0.05) is 176 Å². The topological polar surface area (TPSA) is 3.88 Å². The molecular weight excluding hydrogens is 612 g/mol. The van der Waals surface area contributed by atoms with Crippen LogP contribution in [0.15, 0.2) is 140 Å². The van der Waals surface area contributed by atoms with Crippen LogP contribution in [0.2, 0.25) is 0 Å². The van der Waals surface area contributed by atoms with Crippen molar-refractivity contribution in [3.63, 3.8) is 0 Å². The quantitative estimate of drug-likeness (QED) is 0.143. The lowest BCUT2D eigenvalue weighted by molar-refractivity contribution is -0.660. The zero-order valence-electron chi connectivity index (χ0n) is 30.9. The van der Waals surface area contributed by atoms with E-state index in [0.29, 0.717) is 0 Å². The molecule has 0 bridgehead atoms. The molecule has 1 aromatic heterocycles. The SMILES string of the molecule is Cc1ccc(-c2cc3c(cc2C)B(c2c(C)cc(-c4ccccc4)cc2C)c2ccccc2B3c2c(C)cc(-c3ccccc3)cc2C)[n+](C)c1. The van der Waals surface area contributed by atoms with E-state index in [2.05, 4.69) is 193 Å². The summed E-state index contributed by atoms with van der Waals surface area (Å²) in [5.74, 6) is 0. The van der Waals surface area contributed by atoms with Gasteiger partial charge in [0.2, 0.25) is 19.1 Å². The smallest absolute Gasteiger partial charge is 0.201 e. The van der Waals surface area contributed by atoms with Crippen molar-refractivity contribution in [1.82, 2.24) is 0 Å². The Labute approximate surface area is 304 Å². The Balaban J connectivity index is 1.40. The minimum atomic E-state index is 0.108. The lowest BCUT2D eigenvalue weighted by Crippen LogP contribution is -2.76. The van der Waals surface area contributed by atoms with Crippen molar-refractivity contribution < 1.29 is 4.57 Å². The van der Waals surface area contributed by atoms with Gasteiger partial charge in [0.25, 0.3) is 0 Å². The molecule has 0 unspecified atom stereocenters. The van der Waals surface area contributed by atoms with E-state index < -0.39 is 0 Å². The second-order valence-electron chi connectivity index (χ2n) is 14.8. The molecule has 51 heavy (non-hydrogen) atoms. The molecule has 0 saturated carbocycles. The van der Waals surface area contributed by atoms with Crippen molar-refractivity contribution in [3.8, 4) is 33.5 Å². The summed E-state index contributed by atoms with van der Waals surface area (Å²) in [5.41, 5.74) is 24.0. The van der Waals surface area contributed by atoms with Gasteiger partial charge in [-0.25, -0.2) is 4.57 Å². The van der Waals surface area contributed by atoms with Crippen molar-refractivity contribution >= 4 is 46.2 Å². The van der Waals surface area contributed by atoms with E-state index in [0.717, 1.165) is 0 Å². The molecule has 1 nitrogen and oxygen atoms in total. The zero-order chi connectivity index (χ0) is 35.4. The molecule has 0 atom stereocenters. The van der Waals surface area contributed by atoms with Gasteiger partial charge in [0.15, 0.2) is 6.20 Å². The van der Waals surface area contributed by atoms with Crippen LogP contribution >= 0.6 is 0 Å². The monoisotopic (exact) mass is 656 g/mol. The maximum absolute atomic E-state index is 2.54. The molecule has 0 aliphatic carbocycles. The summed E-state index contributed by atoms with van der Waals surface area (Å²) >= 11 is 0. The number of pyridine rings is 1. The van der Waals surface area contributed by atoms with Gasteiger partial charge in [0.05, 0.1) is 0 Å². The number of aryl methyl sites for hydroxylation is 7. The highest BCUT2D eigenvalue weighted by Crippen LogP contribution is 2.25. The number of nitrogens with zero attached hydrogens (tertiary/aromatic N) is 1. The van der Waals surface area contributed by atoms with Crippen LogP contribution in [0.25, 0.3) is 33.5 Å². The Bertz CT molecular complexity index is 2400. The van der Waals surface area contributed by atoms with E-state index in [9.17, 15) is 0 Å². The molecular formula is C48H44B2N+. The Morgan fingerprint density at radius 3 is 1.27 bits per heavy atom. The normalized spacial score (nSPS) is 12.1. The van der Waals surface area contributed by atoms with Gasteiger partial charge in [0, 0.05) is 17.2 Å². The van der Waals surface area contributed by atoms with Crippen molar-refractivity contribution in [3.05, 3.63) is 173 Å². The largest absolute Gasteiger partial charge is 0.240 e. The third-order valence-corrected chi connectivity index (χ3v) is 11.2. The van der Waals surface area contributed by atoms with Crippen LogP contribution in [0.4, 0.5) is 0 Å². The van der Waals surface area contributed by atoms with E-state index in [1.54, 1.807) is 0 Å². The van der Waals surface area contributed by atoms with Gasteiger partial charge >= 0.3 is 0 Å². The van der Waals surface area contributed by atoms with Crippen molar-refractivity contribution in [2.24, 2.45) is 7.05 Å². The first-order valence-electron chi connectivity index (χ1n) is 18.2. The highest BCUT2D eigenvalue weighted by atomic mass is 14.9. The van der Waals surface area contributed by atoms with Crippen LogP contribution in [-0.2, 0) is 7.05 Å². The van der Waals surface area contributed by atoms with Crippen molar-refractivity contribution in [2.45, 2.75) is 41.5 Å². The predicted octanol–water partition coefficient (Wildman–Crippen LogP) is 6.71. The summed E-state index contributed by atoms with van der Waals surface area (Å²) in [6.07, 6.45) is 2.24. The second kappa shape index (κ2) is 13.1. The molecule has 0 fully saturated rings. The van der Waals surface area contributed by atoms with Crippen LogP contribution in [0, 0.1) is 41.5 Å². The zero-order valence-corrected chi connectivity index (χ0v) is 30.9. The molecule has 6 aromatic carbocycles. The standard InChI is InChI=1S/C48H44B2N/c1-31-22-23-46(51(7)30-31)41-29-45-44(28-32(41)2)49(47-33(3)24-39(25-34(47)4)37-16-10-8-11-17-37)42-20-14-15-21-43(42)50(45)48-35(5)26-40(27-36(48)6)38-18-12-9-13-19-38/h8-30H,1-7H3/q+1. The molecule has 0 saturated heterocycles. The summed E-state index contributed by atoms with van der Waals surface area (Å²) in [6, 6.07) is 50.0. The summed E-state index contributed by atoms with van der Waals surface area (Å²) in [6.45, 7) is 14.0. The Morgan fingerprint density at radius 1 is 0.392 bits per heavy atom. The van der Waals surface area contributed by atoms with Crippen molar-refractivity contribution in [1.29, 1.82) is 0 Å². The summed E-state index contributed by atoms with van der Waals surface area (Å²) < 4.78 is 2.29. The first-order valence-corrected chi connectivity index (χ1v) is 18.2. The Hall–Kier alpha value is -5.40. The van der Waals surface area contributed by atoms with Crippen LogP contribution in [-0.4, -0.2) is 13.4 Å². The first kappa shape index (κ1) is 32.8. The molecule has 2 heterocycles. The van der Waals surface area contributed by atoms with Crippen LogP contribution in [0.1, 0.15) is 33.4 Å². The minimum Gasteiger partial charge on any atom is -0.201 e. The fourth-order valence-electron chi connectivity index (χ4n) is 9.00. The molecule has 7 aromatic rings. The van der Waals surface area contributed by atoms with E-state index >= 15 is 0 Å². The summed E-state index contributed by atoms with van der Waals surface area (Å²) in [5, 5.41) is 0. The first-order chi connectivity index (χ1) is 24.7. The molecule has 0 amide bonds. The average molecular weight is 657 g/mol.